The van der Waals surface area contributed by atoms with Crippen LogP contribution in [-0.2, 0) is 17.6 Å². The first-order valence-corrected chi connectivity index (χ1v) is 8.94. The van der Waals surface area contributed by atoms with Crippen molar-refractivity contribution >= 4 is 5.78 Å². The lowest BCUT2D eigenvalue weighted by molar-refractivity contribution is -0.127. The van der Waals surface area contributed by atoms with E-state index in [0.29, 0.717) is 5.78 Å². The molecular formula is C22H26O. The van der Waals surface area contributed by atoms with Crippen LogP contribution in [-0.4, -0.2) is 5.78 Å². The summed E-state index contributed by atoms with van der Waals surface area (Å²) in [5.41, 5.74) is 2.59. The fourth-order valence-corrected chi connectivity index (χ4v) is 3.78. The van der Waals surface area contributed by atoms with Gasteiger partial charge >= 0.3 is 0 Å². The molecule has 0 aromatic heterocycles. The van der Waals surface area contributed by atoms with Gasteiger partial charge in [0, 0.05) is 11.8 Å². The monoisotopic (exact) mass is 306 g/mol. The third-order valence-electron chi connectivity index (χ3n) is 5.06. The minimum atomic E-state index is 0.200. The van der Waals surface area contributed by atoms with Gasteiger partial charge in [0.1, 0.15) is 5.78 Å². The van der Waals surface area contributed by atoms with Crippen LogP contribution in [0.4, 0.5) is 0 Å². The molecule has 1 fully saturated rings. The summed E-state index contributed by atoms with van der Waals surface area (Å²) in [6, 6.07) is 21.0. The van der Waals surface area contributed by atoms with Crippen molar-refractivity contribution in [3.8, 4) is 0 Å². The van der Waals surface area contributed by atoms with Crippen LogP contribution in [0.3, 0.4) is 0 Å². The van der Waals surface area contributed by atoms with Gasteiger partial charge in [-0.3, -0.25) is 4.79 Å². The minimum absolute atomic E-state index is 0.200. The number of hydrogen-bond acceptors (Lipinski definition) is 1. The molecule has 0 N–H and O–H groups in total. The number of ketones is 1. The molecule has 1 saturated carbocycles. The van der Waals surface area contributed by atoms with E-state index < -0.39 is 0 Å². The first kappa shape index (κ1) is 16.0. The molecule has 0 bridgehead atoms. The lowest BCUT2D eigenvalue weighted by Crippen LogP contribution is -2.28. The maximum Gasteiger partial charge on any atom is 0.139 e. The Balaban J connectivity index is 1.72. The molecule has 0 saturated heterocycles. The first-order chi connectivity index (χ1) is 11.3. The Labute approximate surface area is 139 Å². The Bertz CT molecular complexity index is 549. The van der Waals surface area contributed by atoms with Gasteiger partial charge in [-0.15, -0.1) is 0 Å². The van der Waals surface area contributed by atoms with Crippen LogP contribution < -0.4 is 0 Å². The molecule has 120 valence electrons. The zero-order valence-electron chi connectivity index (χ0n) is 13.8. The second kappa shape index (κ2) is 8.10. The predicted molar refractivity (Wildman–Crippen MR) is 95.4 cm³/mol. The van der Waals surface area contributed by atoms with E-state index in [0.717, 1.165) is 25.7 Å². The van der Waals surface area contributed by atoms with E-state index in [4.69, 9.17) is 0 Å². The average molecular weight is 306 g/mol. The molecule has 1 aliphatic rings. The summed E-state index contributed by atoms with van der Waals surface area (Å²) in [5, 5.41) is 0. The molecule has 2 aromatic carbocycles. The fourth-order valence-electron chi connectivity index (χ4n) is 3.78. The lowest BCUT2D eigenvalue weighted by Gasteiger charge is -2.25. The topological polar surface area (TPSA) is 17.1 Å². The fraction of sp³-hybridized carbons (Fsp3) is 0.409. The largest absolute Gasteiger partial charge is 0.299 e. The predicted octanol–water partition coefficient (Wildman–Crippen LogP) is 5.24. The zero-order chi connectivity index (χ0) is 15.9. The number of Topliss-reactive ketones (excluding diaryl/α,β-unsaturated/α-hetero) is 1. The average Bonchev–Trinajstić information content (AvgIpc) is 2.59. The van der Waals surface area contributed by atoms with Gasteiger partial charge in [0.2, 0.25) is 0 Å². The normalized spacial score (nSPS) is 22.3. The summed E-state index contributed by atoms with van der Waals surface area (Å²) in [6.07, 6.45) is 7.58. The van der Waals surface area contributed by atoms with Crippen molar-refractivity contribution < 1.29 is 4.79 Å². The molecule has 2 aromatic rings. The van der Waals surface area contributed by atoms with E-state index >= 15 is 0 Å². The maximum absolute atomic E-state index is 13.1. The maximum atomic E-state index is 13.1. The van der Waals surface area contributed by atoms with Crippen LogP contribution >= 0.6 is 0 Å². The molecule has 1 aliphatic carbocycles. The molecular weight excluding hydrogens is 280 g/mol. The zero-order valence-corrected chi connectivity index (χ0v) is 13.8. The van der Waals surface area contributed by atoms with E-state index in [2.05, 4.69) is 48.5 Å². The highest BCUT2D eigenvalue weighted by Crippen LogP contribution is 2.28. The van der Waals surface area contributed by atoms with E-state index in [-0.39, 0.29) is 11.8 Å². The van der Waals surface area contributed by atoms with Crippen molar-refractivity contribution in [3.63, 3.8) is 0 Å². The number of benzene rings is 2. The van der Waals surface area contributed by atoms with Crippen LogP contribution in [0.2, 0.25) is 0 Å². The number of rotatable bonds is 4. The number of carbonyl (C=O) groups excluding carboxylic acids is 1. The van der Waals surface area contributed by atoms with Crippen LogP contribution in [0.5, 0.6) is 0 Å². The van der Waals surface area contributed by atoms with Gasteiger partial charge in [-0.25, -0.2) is 0 Å². The summed E-state index contributed by atoms with van der Waals surface area (Å²) in [6.45, 7) is 0. The molecule has 0 aliphatic heterocycles. The second-order valence-electron chi connectivity index (χ2n) is 6.81. The highest BCUT2D eigenvalue weighted by molar-refractivity contribution is 5.84. The van der Waals surface area contributed by atoms with Crippen molar-refractivity contribution in [2.24, 2.45) is 11.8 Å². The van der Waals surface area contributed by atoms with Crippen LogP contribution in [0.1, 0.15) is 43.2 Å². The smallest absolute Gasteiger partial charge is 0.139 e. The minimum Gasteiger partial charge on any atom is -0.299 e. The molecule has 0 spiro atoms. The molecule has 1 heteroatoms. The van der Waals surface area contributed by atoms with E-state index in [1.807, 2.05) is 12.1 Å². The number of hydrogen-bond donors (Lipinski definition) is 0. The highest BCUT2D eigenvalue weighted by Gasteiger charge is 2.28. The molecule has 0 amide bonds. The standard InChI is InChI=1S/C22H26O/c23-22-20(16-18-10-4-1-5-11-18)14-8-3-9-15-21(22)17-19-12-6-2-7-13-19/h1-2,4-7,10-13,20-21H,3,8-9,14-17H2/t20-,21-/m1/s1. The molecule has 23 heavy (non-hydrogen) atoms. The van der Waals surface area contributed by atoms with Gasteiger partial charge in [0.15, 0.2) is 0 Å². The summed E-state index contributed by atoms with van der Waals surface area (Å²) in [7, 11) is 0. The quantitative estimate of drug-likeness (QED) is 0.755. The van der Waals surface area contributed by atoms with Gasteiger partial charge in [0.25, 0.3) is 0 Å². The first-order valence-electron chi connectivity index (χ1n) is 8.94. The summed E-state index contributed by atoms with van der Waals surface area (Å²) in [4.78, 5) is 13.1. The van der Waals surface area contributed by atoms with Crippen LogP contribution in [0, 0.1) is 11.8 Å². The highest BCUT2D eigenvalue weighted by atomic mass is 16.1. The summed E-state index contributed by atoms with van der Waals surface area (Å²) < 4.78 is 0. The van der Waals surface area contributed by atoms with E-state index in [1.54, 1.807) is 0 Å². The third-order valence-corrected chi connectivity index (χ3v) is 5.06. The Morgan fingerprint density at radius 1 is 0.652 bits per heavy atom. The van der Waals surface area contributed by atoms with Gasteiger partial charge in [-0.05, 0) is 36.8 Å². The van der Waals surface area contributed by atoms with Gasteiger partial charge in [-0.2, -0.15) is 0 Å². The molecule has 0 unspecified atom stereocenters. The molecule has 0 heterocycles. The van der Waals surface area contributed by atoms with Crippen LogP contribution in [0.25, 0.3) is 0 Å². The Morgan fingerprint density at radius 2 is 1.09 bits per heavy atom. The number of carbonyl (C=O) groups is 1. The van der Waals surface area contributed by atoms with Crippen molar-refractivity contribution in [1.82, 2.24) is 0 Å². The van der Waals surface area contributed by atoms with Crippen molar-refractivity contribution in [1.29, 1.82) is 0 Å². The molecule has 3 rings (SSSR count). The van der Waals surface area contributed by atoms with Crippen molar-refractivity contribution in [2.75, 3.05) is 0 Å². The molecule has 2 atom stereocenters. The van der Waals surface area contributed by atoms with E-state index in [1.165, 1.54) is 30.4 Å². The molecule has 0 radical (unpaired) electrons. The van der Waals surface area contributed by atoms with Crippen molar-refractivity contribution in [2.45, 2.75) is 44.9 Å². The second-order valence-corrected chi connectivity index (χ2v) is 6.81. The summed E-state index contributed by atoms with van der Waals surface area (Å²) in [5.74, 6) is 0.898. The van der Waals surface area contributed by atoms with Gasteiger partial charge < -0.3 is 0 Å². The molecule has 1 nitrogen and oxygen atoms in total. The Hall–Kier alpha value is -1.89. The lowest BCUT2D eigenvalue weighted by atomic mass is 9.78. The third kappa shape index (κ3) is 4.54. The Morgan fingerprint density at radius 3 is 1.52 bits per heavy atom. The van der Waals surface area contributed by atoms with E-state index in [9.17, 15) is 4.79 Å². The summed E-state index contributed by atoms with van der Waals surface area (Å²) >= 11 is 0. The van der Waals surface area contributed by atoms with Gasteiger partial charge in [-0.1, -0.05) is 79.9 Å². The van der Waals surface area contributed by atoms with Crippen LogP contribution in [0.15, 0.2) is 60.7 Å². The Kier molecular flexibility index (Phi) is 5.63. The van der Waals surface area contributed by atoms with Gasteiger partial charge in [0.05, 0.1) is 0 Å². The van der Waals surface area contributed by atoms with Crippen molar-refractivity contribution in [3.05, 3.63) is 71.8 Å². The SMILES string of the molecule is O=C1[C@@H](Cc2ccccc2)CCCCC[C@@H]1Cc1ccccc1.